The molecule has 0 aromatic rings. The van der Waals surface area contributed by atoms with Crippen LogP contribution in [0.15, 0.2) is 12.2 Å². The van der Waals surface area contributed by atoms with Crippen LogP contribution in [0.2, 0.25) is 0 Å². The summed E-state index contributed by atoms with van der Waals surface area (Å²) in [6.45, 7) is 4.94. The lowest BCUT2D eigenvalue weighted by atomic mass is 10.0. The molecule has 0 spiro atoms. The van der Waals surface area contributed by atoms with E-state index in [1.807, 2.05) is 21.1 Å². The Morgan fingerprint density at radius 2 is 0.689 bits per heavy atom. The third kappa shape index (κ3) is 57.7. The van der Waals surface area contributed by atoms with Crippen LogP contribution < -0.4 is 0 Å². The van der Waals surface area contributed by atoms with Gasteiger partial charge in [0.15, 0.2) is 6.10 Å². The average molecular weight is 1050 g/mol. The highest BCUT2D eigenvalue weighted by atomic mass is 16.7. The van der Waals surface area contributed by atoms with Gasteiger partial charge in [0.2, 0.25) is 0 Å². The summed E-state index contributed by atoms with van der Waals surface area (Å²) >= 11 is 0. The largest absolute Gasteiger partial charge is 0.477 e. The Kier molecular flexibility index (Phi) is 55.7. The number of hydrogen-bond donors (Lipinski definition) is 1. The zero-order chi connectivity index (χ0) is 54.1. The van der Waals surface area contributed by atoms with E-state index in [0.717, 1.165) is 38.5 Å². The summed E-state index contributed by atoms with van der Waals surface area (Å²) in [6.07, 6.45) is 64.7. The zero-order valence-corrected chi connectivity index (χ0v) is 50.0. The van der Waals surface area contributed by atoms with Gasteiger partial charge in [-0.3, -0.25) is 9.59 Å². The summed E-state index contributed by atoms with van der Waals surface area (Å²) in [6, 6.07) is 0. The normalized spacial score (nSPS) is 12.7. The second kappa shape index (κ2) is 57.2. The second-order valence-corrected chi connectivity index (χ2v) is 23.4. The molecular formula is C65H126NO8+. The van der Waals surface area contributed by atoms with Crippen LogP contribution in [0.4, 0.5) is 0 Å². The summed E-state index contributed by atoms with van der Waals surface area (Å²) in [4.78, 5) is 37.4. The van der Waals surface area contributed by atoms with E-state index in [-0.39, 0.29) is 38.2 Å². The predicted octanol–water partition coefficient (Wildman–Crippen LogP) is 19.3. The monoisotopic (exact) mass is 1050 g/mol. The second-order valence-electron chi connectivity index (χ2n) is 23.4. The molecule has 2 atom stereocenters. The van der Waals surface area contributed by atoms with E-state index in [9.17, 15) is 19.5 Å². The Morgan fingerprint density at radius 3 is 1.00 bits per heavy atom. The number of allylic oxidation sites excluding steroid dienone is 2. The average Bonchev–Trinajstić information content (AvgIpc) is 3.37. The van der Waals surface area contributed by atoms with E-state index >= 15 is 0 Å². The molecule has 0 heterocycles. The van der Waals surface area contributed by atoms with Crippen molar-refractivity contribution in [3.8, 4) is 0 Å². The van der Waals surface area contributed by atoms with Gasteiger partial charge in [0.25, 0.3) is 6.29 Å². The van der Waals surface area contributed by atoms with E-state index in [1.54, 1.807) is 0 Å². The van der Waals surface area contributed by atoms with Crippen molar-refractivity contribution in [1.82, 2.24) is 0 Å². The molecule has 0 aromatic carbocycles. The molecule has 74 heavy (non-hydrogen) atoms. The molecule has 0 fully saturated rings. The Labute approximate surface area is 459 Å². The van der Waals surface area contributed by atoms with E-state index < -0.39 is 18.4 Å². The maximum absolute atomic E-state index is 12.9. The third-order valence-corrected chi connectivity index (χ3v) is 14.8. The minimum Gasteiger partial charge on any atom is -0.477 e. The van der Waals surface area contributed by atoms with Crippen molar-refractivity contribution in [3.63, 3.8) is 0 Å². The van der Waals surface area contributed by atoms with Gasteiger partial charge in [-0.05, 0) is 38.5 Å². The van der Waals surface area contributed by atoms with Crippen LogP contribution in [0.1, 0.15) is 328 Å². The highest BCUT2D eigenvalue weighted by molar-refractivity contribution is 5.71. The lowest BCUT2D eigenvalue weighted by Crippen LogP contribution is -2.40. The first-order valence-corrected chi connectivity index (χ1v) is 32.4. The fourth-order valence-corrected chi connectivity index (χ4v) is 9.78. The van der Waals surface area contributed by atoms with Crippen LogP contribution in [-0.4, -0.2) is 87.4 Å². The van der Waals surface area contributed by atoms with Gasteiger partial charge in [-0.2, -0.15) is 0 Å². The zero-order valence-electron chi connectivity index (χ0n) is 50.0. The minimum atomic E-state index is -1.50. The number of hydrogen-bond acceptors (Lipinski definition) is 7. The van der Waals surface area contributed by atoms with Gasteiger partial charge in [0.05, 0.1) is 34.4 Å². The molecule has 0 aliphatic rings. The Hall–Kier alpha value is -1.97. The Balaban J connectivity index is 3.97. The van der Waals surface area contributed by atoms with Crippen LogP contribution in [-0.2, 0) is 33.3 Å². The van der Waals surface area contributed by atoms with Crippen molar-refractivity contribution in [1.29, 1.82) is 0 Å². The van der Waals surface area contributed by atoms with Crippen molar-refractivity contribution in [3.05, 3.63) is 12.2 Å². The van der Waals surface area contributed by atoms with Gasteiger partial charge in [0.1, 0.15) is 13.2 Å². The number of ether oxygens (including phenoxy) is 4. The molecule has 0 radical (unpaired) electrons. The molecule has 9 nitrogen and oxygen atoms in total. The van der Waals surface area contributed by atoms with E-state index in [2.05, 4.69) is 26.0 Å². The van der Waals surface area contributed by atoms with Crippen LogP contribution in [0.25, 0.3) is 0 Å². The van der Waals surface area contributed by atoms with Crippen LogP contribution in [0, 0.1) is 0 Å². The molecular weight excluding hydrogens is 923 g/mol. The molecule has 0 saturated carbocycles. The highest BCUT2D eigenvalue weighted by Gasteiger charge is 2.25. The molecule has 0 bridgehead atoms. The van der Waals surface area contributed by atoms with Gasteiger partial charge >= 0.3 is 17.9 Å². The molecule has 0 amide bonds. The van der Waals surface area contributed by atoms with E-state index in [4.69, 9.17) is 18.9 Å². The number of carbonyl (C=O) groups excluding carboxylic acids is 2. The highest BCUT2D eigenvalue weighted by Crippen LogP contribution is 2.18. The molecule has 0 rings (SSSR count). The number of likely N-dealkylation sites (N-methyl/N-ethyl adjacent to an activating group) is 1. The molecule has 438 valence electrons. The number of rotatable bonds is 61. The summed E-state index contributed by atoms with van der Waals surface area (Å²) in [7, 11) is 5.98. The molecule has 0 saturated heterocycles. The van der Waals surface area contributed by atoms with E-state index in [0.29, 0.717) is 17.4 Å². The number of carboxylic acids is 1. The number of unbranched alkanes of at least 4 members (excludes halogenated alkanes) is 44. The van der Waals surface area contributed by atoms with Gasteiger partial charge in [-0.15, -0.1) is 0 Å². The SMILES string of the molecule is CCCCCCCCCC/C=C\CCCCCCCCCCCCCCCCCCCCCCCCCC(=O)OC(COC(=O)CCCCCCCCCCCCCCCC)COC(OCC[N+](C)(C)C)C(=O)O. The van der Waals surface area contributed by atoms with Crippen molar-refractivity contribution >= 4 is 17.9 Å². The lowest BCUT2D eigenvalue weighted by molar-refractivity contribution is -0.870. The lowest BCUT2D eigenvalue weighted by Gasteiger charge is -2.25. The topological polar surface area (TPSA) is 108 Å². The third-order valence-electron chi connectivity index (χ3n) is 14.8. The first kappa shape index (κ1) is 72.0. The van der Waals surface area contributed by atoms with Gasteiger partial charge in [-0.1, -0.05) is 289 Å². The Morgan fingerprint density at radius 1 is 0.392 bits per heavy atom. The molecule has 0 aromatic heterocycles. The van der Waals surface area contributed by atoms with Crippen LogP contribution >= 0.6 is 0 Å². The quantitative estimate of drug-likeness (QED) is 0.0211. The number of carbonyl (C=O) groups is 3. The summed E-state index contributed by atoms with van der Waals surface area (Å²) in [5.74, 6) is -1.98. The minimum absolute atomic E-state index is 0.174. The first-order valence-electron chi connectivity index (χ1n) is 32.4. The number of carboxylic acid groups (broad SMARTS) is 1. The predicted molar refractivity (Wildman–Crippen MR) is 314 cm³/mol. The van der Waals surface area contributed by atoms with Crippen molar-refractivity contribution < 1.29 is 42.9 Å². The molecule has 0 aliphatic heterocycles. The van der Waals surface area contributed by atoms with Crippen LogP contribution in [0.5, 0.6) is 0 Å². The van der Waals surface area contributed by atoms with Crippen molar-refractivity contribution in [2.75, 3.05) is 47.5 Å². The standard InChI is InChI=1S/C65H125NO8/c1-6-8-10-12-14-16-18-20-22-23-24-25-26-27-28-29-30-31-32-33-34-35-36-37-38-39-40-41-42-44-46-48-50-52-54-56-63(68)74-61(60-73-65(64(69)70)71-58-57-66(3,4)5)59-72-62(67)55-53-51-49-47-45-43-21-19-17-15-13-11-9-7-2/h23-24,61,65H,6-22,25-60H2,1-5H3/p+1/b24-23-. The molecule has 2 unspecified atom stereocenters. The van der Waals surface area contributed by atoms with Gasteiger partial charge in [0, 0.05) is 12.8 Å². The van der Waals surface area contributed by atoms with Crippen molar-refractivity contribution in [2.45, 2.75) is 341 Å². The summed E-state index contributed by atoms with van der Waals surface area (Å²) in [5.41, 5.74) is 0. The maximum atomic E-state index is 12.9. The van der Waals surface area contributed by atoms with Gasteiger partial charge < -0.3 is 28.5 Å². The summed E-state index contributed by atoms with van der Waals surface area (Å²) in [5, 5.41) is 9.70. The van der Waals surface area contributed by atoms with Crippen LogP contribution in [0.3, 0.4) is 0 Å². The fraction of sp³-hybridized carbons (Fsp3) is 0.923. The summed E-state index contributed by atoms with van der Waals surface area (Å²) < 4.78 is 22.9. The first-order chi connectivity index (χ1) is 36.1. The van der Waals surface area contributed by atoms with E-state index in [1.165, 1.54) is 263 Å². The molecule has 0 aliphatic carbocycles. The Bertz CT molecular complexity index is 1220. The smallest absolute Gasteiger partial charge is 0.361 e. The number of nitrogens with zero attached hydrogens (tertiary/aromatic N) is 1. The molecule has 1 N–H and O–H groups in total. The van der Waals surface area contributed by atoms with Gasteiger partial charge in [-0.25, -0.2) is 4.79 Å². The molecule has 9 heteroatoms. The maximum Gasteiger partial charge on any atom is 0.361 e. The number of quaternary nitrogens is 1. The number of aliphatic carboxylic acids is 1. The fourth-order valence-electron chi connectivity index (χ4n) is 9.78. The number of esters is 2. The van der Waals surface area contributed by atoms with Crippen molar-refractivity contribution in [2.24, 2.45) is 0 Å².